The normalized spacial score (nSPS) is 9.50. The van der Waals surface area contributed by atoms with Crippen LogP contribution in [0.2, 0.25) is 0 Å². The molecule has 0 unspecified atom stereocenters. The van der Waals surface area contributed by atoms with Crippen molar-refractivity contribution in [2.75, 3.05) is 0 Å². The molecule has 0 amide bonds. The Morgan fingerprint density at radius 1 is 1.58 bits per heavy atom. The van der Waals surface area contributed by atoms with Gasteiger partial charge in [-0.05, 0) is 34.7 Å². The highest BCUT2D eigenvalue weighted by atomic mass is 127. The average Bonchev–Trinajstić information content (AvgIpc) is 1.96. The summed E-state index contributed by atoms with van der Waals surface area (Å²) < 4.78 is 14.6. The van der Waals surface area contributed by atoms with Gasteiger partial charge in [0, 0.05) is 13.6 Å². The van der Waals surface area contributed by atoms with Crippen molar-refractivity contribution in [1.29, 1.82) is 5.26 Å². The first-order valence-corrected chi connectivity index (χ1v) is 5.02. The molecule has 1 rings (SSSR count). The van der Waals surface area contributed by atoms with Gasteiger partial charge in [-0.3, -0.25) is 0 Å². The van der Waals surface area contributed by atoms with Crippen LogP contribution in [0, 0.1) is 20.7 Å². The smallest absolute Gasteiger partial charge is 0.129 e. The van der Waals surface area contributed by atoms with Crippen molar-refractivity contribution in [3.05, 3.63) is 31.6 Å². The van der Waals surface area contributed by atoms with Crippen molar-refractivity contribution >= 4 is 38.5 Å². The maximum Gasteiger partial charge on any atom is 0.129 e. The zero-order valence-corrected chi connectivity index (χ0v) is 9.69. The van der Waals surface area contributed by atoms with E-state index in [4.69, 9.17) is 5.26 Å². The lowest BCUT2D eigenvalue weighted by atomic mass is 10.1. The van der Waals surface area contributed by atoms with Gasteiger partial charge in [-0.1, -0.05) is 15.9 Å². The Kier molecular flexibility index (Phi) is 3.47. The quantitative estimate of drug-likeness (QED) is 0.720. The Morgan fingerprint density at radius 2 is 2.25 bits per heavy atom. The number of benzene rings is 1. The van der Waals surface area contributed by atoms with E-state index in [2.05, 4.69) is 15.9 Å². The van der Waals surface area contributed by atoms with E-state index >= 15 is 0 Å². The van der Waals surface area contributed by atoms with Crippen LogP contribution in [0.25, 0.3) is 0 Å². The van der Waals surface area contributed by atoms with Crippen LogP contribution < -0.4 is 0 Å². The van der Waals surface area contributed by atoms with Gasteiger partial charge < -0.3 is 0 Å². The van der Waals surface area contributed by atoms with Crippen LogP contribution in [0.3, 0.4) is 0 Å². The molecule has 0 bridgehead atoms. The van der Waals surface area contributed by atoms with E-state index in [1.807, 2.05) is 28.7 Å². The average molecular weight is 340 g/mol. The standard InChI is InChI=1S/C8H4BrFIN/c9-5-3-7(10)6(1-2-12)8(11)4-5/h3-4H,1H2. The summed E-state index contributed by atoms with van der Waals surface area (Å²) in [6.45, 7) is 0. The lowest BCUT2D eigenvalue weighted by molar-refractivity contribution is 0.613. The van der Waals surface area contributed by atoms with Gasteiger partial charge in [0.05, 0.1) is 12.5 Å². The lowest BCUT2D eigenvalue weighted by Gasteiger charge is -2.01. The minimum Gasteiger partial charge on any atom is -0.207 e. The summed E-state index contributed by atoms with van der Waals surface area (Å²) in [6, 6.07) is 5.08. The fourth-order valence-electron chi connectivity index (χ4n) is 0.820. The van der Waals surface area contributed by atoms with Crippen LogP contribution in [0.5, 0.6) is 0 Å². The maximum absolute atomic E-state index is 13.1. The SMILES string of the molecule is N#CCc1c(F)cc(Br)cc1I. The molecule has 0 spiro atoms. The van der Waals surface area contributed by atoms with Crippen LogP contribution in [0.15, 0.2) is 16.6 Å². The van der Waals surface area contributed by atoms with Gasteiger partial charge in [0.2, 0.25) is 0 Å². The summed E-state index contributed by atoms with van der Waals surface area (Å²) in [5.74, 6) is -0.324. The van der Waals surface area contributed by atoms with Gasteiger partial charge in [-0.2, -0.15) is 5.26 Å². The molecule has 0 N–H and O–H groups in total. The first-order valence-electron chi connectivity index (χ1n) is 3.15. The summed E-state index contributed by atoms with van der Waals surface area (Å²) in [5, 5.41) is 8.41. The van der Waals surface area contributed by atoms with Gasteiger partial charge in [-0.25, -0.2) is 4.39 Å². The predicted octanol–water partition coefficient (Wildman–Crippen LogP) is 3.26. The van der Waals surface area contributed by atoms with Crippen LogP contribution in [-0.2, 0) is 6.42 Å². The van der Waals surface area contributed by atoms with E-state index in [9.17, 15) is 4.39 Å². The summed E-state index contributed by atoms with van der Waals surface area (Å²) >= 11 is 5.18. The second-order valence-electron chi connectivity index (χ2n) is 2.18. The van der Waals surface area contributed by atoms with Gasteiger partial charge in [0.1, 0.15) is 5.82 Å². The molecule has 0 radical (unpaired) electrons. The van der Waals surface area contributed by atoms with Gasteiger partial charge in [0.25, 0.3) is 0 Å². The molecule has 12 heavy (non-hydrogen) atoms. The molecule has 0 aliphatic rings. The first-order chi connectivity index (χ1) is 5.65. The summed E-state index contributed by atoms with van der Waals surface area (Å²) in [4.78, 5) is 0. The van der Waals surface area contributed by atoms with Crippen molar-refractivity contribution in [3.63, 3.8) is 0 Å². The highest BCUT2D eigenvalue weighted by molar-refractivity contribution is 14.1. The molecule has 0 aliphatic heterocycles. The van der Waals surface area contributed by atoms with Crippen molar-refractivity contribution < 1.29 is 4.39 Å². The number of hydrogen-bond acceptors (Lipinski definition) is 1. The third-order valence-corrected chi connectivity index (χ3v) is 2.78. The van der Waals surface area contributed by atoms with E-state index in [0.717, 1.165) is 3.57 Å². The van der Waals surface area contributed by atoms with Crippen molar-refractivity contribution in [2.45, 2.75) is 6.42 Å². The van der Waals surface area contributed by atoms with E-state index in [-0.39, 0.29) is 12.2 Å². The van der Waals surface area contributed by atoms with Gasteiger partial charge in [0.15, 0.2) is 0 Å². The predicted molar refractivity (Wildman–Crippen MR) is 56.1 cm³/mol. The van der Waals surface area contributed by atoms with Crippen LogP contribution in [0.1, 0.15) is 5.56 Å². The second kappa shape index (κ2) is 4.19. The van der Waals surface area contributed by atoms with Crippen molar-refractivity contribution in [3.8, 4) is 6.07 Å². The second-order valence-corrected chi connectivity index (χ2v) is 4.26. The highest BCUT2D eigenvalue weighted by Crippen LogP contribution is 2.22. The maximum atomic E-state index is 13.1. The molecular weight excluding hydrogens is 336 g/mol. The molecule has 0 fully saturated rings. The molecule has 1 nitrogen and oxygen atoms in total. The molecule has 0 saturated heterocycles. The Bertz CT molecular complexity index is 322. The molecule has 1 aromatic carbocycles. The molecule has 0 saturated carbocycles. The van der Waals surface area contributed by atoms with E-state index < -0.39 is 0 Å². The van der Waals surface area contributed by atoms with Crippen LogP contribution >= 0.6 is 38.5 Å². The van der Waals surface area contributed by atoms with Crippen LogP contribution in [-0.4, -0.2) is 0 Å². The van der Waals surface area contributed by atoms with Crippen molar-refractivity contribution in [2.24, 2.45) is 0 Å². The molecule has 62 valence electrons. The summed E-state index contributed by atoms with van der Waals surface area (Å²) in [7, 11) is 0. The fourth-order valence-corrected chi connectivity index (χ4v) is 2.46. The number of rotatable bonds is 1. The minimum absolute atomic E-state index is 0.122. The third-order valence-electron chi connectivity index (χ3n) is 1.36. The number of hydrogen-bond donors (Lipinski definition) is 0. The Morgan fingerprint density at radius 3 is 2.75 bits per heavy atom. The van der Waals surface area contributed by atoms with E-state index in [1.54, 1.807) is 6.07 Å². The zero-order chi connectivity index (χ0) is 9.14. The van der Waals surface area contributed by atoms with Gasteiger partial charge >= 0.3 is 0 Å². The molecule has 0 aliphatic carbocycles. The molecule has 0 atom stereocenters. The van der Waals surface area contributed by atoms with Gasteiger partial charge in [-0.15, -0.1) is 0 Å². The molecular formula is C8H4BrFIN. The topological polar surface area (TPSA) is 23.8 Å². The van der Waals surface area contributed by atoms with Crippen LogP contribution in [0.4, 0.5) is 4.39 Å². The van der Waals surface area contributed by atoms with E-state index in [0.29, 0.717) is 10.0 Å². The highest BCUT2D eigenvalue weighted by Gasteiger charge is 2.07. The molecule has 0 aromatic heterocycles. The molecule has 4 heteroatoms. The Labute approximate surface area is 91.8 Å². The lowest BCUT2D eigenvalue weighted by Crippen LogP contribution is -1.92. The Balaban J connectivity index is 3.21. The van der Waals surface area contributed by atoms with E-state index in [1.165, 1.54) is 6.07 Å². The number of halogens is 3. The number of nitriles is 1. The fraction of sp³-hybridized carbons (Fsp3) is 0.125. The summed E-state index contributed by atoms with van der Waals surface area (Å²) in [5.41, 5.74) is 0.473. The molecule has 1 aromatic rings. The third kappa shape index (κ3) is 2.17. The summed E-state index contributed by atoms with van der Waals surface area (Å²) in [6.07, 6.45) is 0.122. The Hall–Kier alpha value is -0.150. The molecule has 0 heterocycles. The monoisotopic (exact) mass is 339 g/mol. The first kappa shape index (κ1) is 9.93. The minimum atomic E-state index is -0.324. The largest absolute Gasteiger partial charge is 0.207 e. The zero-order valence-electron chi connectivity index (χ0n) is 5.94. The number of nitrogens with zero attached hydrogens (tertiary/aromatic N) is 1. The van der Waals surface area contributed by atoms with Crippen molar-refractivity contribution in [1.82, 2.24) is 0 Å².